The van der Waals surface area contributed by atoms with Crippen molar-refractivity contribution < 1.29 is 14.1 Å². The van der Waals surface area contributed by atoms with Crippen LogP contribution in [0.1, 0.15) is 10.4 Å². The molecule has 0 heterocycles. The van der Waals surface area contributed by atoms with E-state index >= 15 is 0 Å². The molecule has 2 rings (SSSR count). The van der Waals surface area contributed by atoms with E-state index in [1.165, 1.54) is 30.3 Å². The fourth-order valence-electron chi connectivity index (χ4n) is 1.59. The minimum Gasteiger partial charge on any atom is -0.319 e. The molecule has 2 aromatic carbocycles. The van der Waals surface area contributed by atoms with Crippen molar-refractivity contribution in [3.05, 3.63) is 67.4 Å². The third-order valence-corrected chi connectivity index (χ3v) is 3.57. The maximum absolute atomic E-state index is 13.7. The van der Waals surface area contributed by atoms with Crippen LogP contribution >= 0.6 is 27.5 Å². The normalized spacial score (nSPS) is 10.2. The second-order valence-electron chi connectivity index (χ2n) is 3.98. The number of nitrogens with zero attached hydrogens (tertiary/aromatic N) is 1. The Kier molecular flexibility index (Phi) is 4.54. The summed E-state index contributed by atoms with van der Waals surface area (Å²) in [4.78, 5) is 22.2. The summed E-state index contributed by atoms with van der Waals surface area (Å²) in [6, 6.07) is 8.02. The monoisotopic (exact) mass is 372 g/mol. The van der Waals surface area contributed by atoms with Gasteiger partial charge in [-0.25, -0.2) is 4.39 Å². The van der Waals surface area contributed by atoms with Gasteiger partial charge in [-0.1, -0.05) is 17.7 Å². The lowest BCUT2D eigenvalue weighted by molar-refractivity contribution is -0.385. The van der Waals surface area contributed by atoms with Gasteiger partial charge in [-0.3, -0.25) is 14.9 Å². The van der Waals surface area contributed by atoms with Crippen molar-refractivity contribution in [3.8, 4) is 0 Å². The maximum Gasteiger partial charge on any atom is 0.284 e. The number of hydrogen-bond donors (Lipinski definition) is 1. The minimum absolute atomic E-state index is 0.0317. The third kappa shape index (κ3) is 3.37. The van der Waals surface area contributed by atoms with Gasteiger partial charge in [-0.15, -0.1) is 0 Å². The van der Waals surface area contributed by atoms with Gasteiger partial charge < -0.3 is 5.32 Å². The Morgan fingerprint density at radius 2 is 2.05 bits per heavy atom. The van der Waals surface area contributed by atoms with Gasteiger partial charge >= 0.3 is 0 Å². The van der Waals surface area contributed by atoms with Crippen molar-refractivity contribution in [2.75, 3.05) is 5.32 Å². The summed E-state index contributed by atoms with van der Waals surface area (Å²) >= 11 is 8.63. The number of nitro groups is 1. The zero-order valence-corrected chi connectivity index (χ0v) is 12.6. The lowest BCUT2D eigenvalue weighted by atomic mass is 10.2. The molecule has 0 unspecified atom stereocenters. The highest BCUT2D eigenvalue weighted by Crippen LogP contribution is 2.27. The average molecular weight is 374 g/mol. The molecule has 0 radical (unpaired) electrons. The van der Waals surface area contributed by atoms with Crippen molar-refractivity contribution in [1.29, 1.82) is 0 Å². The van der Waals surface area contributed by atoms with Crippen LogP contribution in [0.2, 0.25) is 5.02 Å². The molecule has 0 aliphatic rings. The van der Waals surface area contributed by atoms with Crippen molar-refractivity contribution in [2.45, 2.75) is 0 Å². The highest BCUT2D eigenvalue weighted by molar-refractivity contribution is 9.10. The molecular weight excluding hydrogens is 367 g/mol. The van der Waals surface area contributed by atoms with E-state index in [0.717, 1.165) is 6.07 Å². The van der Waals surface area contributed by atoms with Crippen LogP contribution in [0.4, 0.5) is 15.8 Å². The van der Waals surface area contributed by atoms with Crippen LogP contribution in [0.15, 0.2) is 40.9 Å². The van der Waals surface area contributed by atoms with Gasteiger partial charge in [0.25, 0.3) is 11.6 Å². The Labute approximate surface area is 132 Å². The Bertz CT molecular complexity index is 739. The molecule has 0 aliphatic heterocycles. The number of nitro benzene ring substituents is 1. The van der Waals surface area contributed by atoms with Gasteiger partial charge in [-0.05, 0) is 40.2 Å². The number of halogens is 3. The van der Waals surface area contributed by atoms with Crippen molar-refractivity contribution in [1.82, 2.24) is 0 Å². The fourth-order valence-corrected chi connectivity index (χ4v) is 2.15. The van der Waals surface area contributed by atoms with E-state index in [9.17, 15) is 19.3 Å². The first-order valence-electron chi connectivity index (χ1n) is 5.59. The first-order valence-corrected chi connectivity index (χ1v) is 6.76. The summed E-state index contributed by atoms with van der Waals surface area (Å²) < 4.78 is 13.9. The Morgan fingerprint density at radius 3 is 2.71 bits per heavy atom. The Morgan fingerprint density at radius 1 is 1.33 bits per heavy atom. The number of hydrogen-bond acceptors (Lipinski definition) is 3. The van der Waals surface area contributed by atoms with Crippen LogP contribution in [0, 0.1) is 15.9 Å². The molecule has 0 spiro atoms. The molecule has 1 N–H and O–H groups in total. The standard InChI is InChI=1S/C13H7BrClFN2O3/c14-8-5-4-7(6-11(8)18(20)21)13(19)17-10-3-1-2-9(15)12(10)16/h1-6H,(H,17,19). The van der Waals surface area contributed by atoms with E-state index in [1.807, 2.05) is 0 Å². The molecule has 5 nitrogen and oxygen atoms in total. The van der Waals surface area contributed by atoms with Crippen LogP contribution < -0.4 is 5.32 Å². The predicted molar refractivity (Wildman–Crippen MR) is 80.2 cm³/mol. The lowest BCUT2D eigenvalue weighted by Crippen LogP contribution is -2.13. The largest absolute Gasteiger partial charge is 0.319 e. The van der Waals surface area contributed by atoms with Crippen LogP contribution in [0.25, 0.3) is 0 Å². The predicted octanol–water partition coefficient (Wildman–Crippen LogP) is 4.40. The molecule has 108 valence electrons. The Hall–Kier alpha value is -1.99. The molecule has 0 bridgehead atoms. The van der Waals surface area contributed by atoms with Gasteiger partial charge in [0, 0.05) is 11.6 Å². The molecule has 21 heavy (non-hydrogen) atoms. The van der Waals surface area contributed by atoms with Crippen molar-refractivity contribution in [3.63, 3.8) is 0 Å². The van der Waals surface area contributed by atoms with Crippen LogP contribution in [-0.2, 0) is 0 Å². The van der Waals surface area contributed by atoms with Crippen LogP contribution in [0.5, 0.6) is 0 Å². The molecule has 0 aromatic heterocycles. The number of carbonyl (C=O) groups is 1. The second kappa shape index (κ2) is 6.19. The molecule has 0 atom stereocenters. The summed E-state index contributed by atoms with van der Waals surface area (Å²) in [5.74, 6) is -1.44. The lowest BCUT2D eigenvalue weighted by Gasteiger charge is -2.07. The summed E-state index contributed by atoms with van der Waals surface area (Å²) in [6.45, 7) is 0. The topological polar surface area (TPSA) is 72.2 Å². The molecule has 0 aliphatic carbocycles. The molecule has 2 aromatic rings. The van der Waals surface area contributed by atoms with E-state index in [1.54, 1.807) is 0 Å². The summed E-state index contributed by atoms with van der Waals surface area (Å²) in [5, 5.41) is 13.0. The third-order valence-electron chi connectivity index (χ3n) is 2.60. The number of nitrogens with one attached hydrogen (secondary N) is 1. The first-order chi connectivity index (χ1) is 9.90. The number of rotatable bonds is 3. The van der Waals surface area contributed by atoms with Crippen LogP contribution in [-0.4, -0.2) is 10.8 Å². The molecule has 0 fully saturated rings. The highest BCUT2D eigenvalue weighted by atomic mass is 79.9. The van der Waals surface area contributed by atoms with Gasteiger partial charge in [0.2, 0.25) is 0 Å². The molecular formula is C13H7BrClFN2O3. The van der Waals surface area contributed by atoms with Crippen molar-refractivity contribution >= 4 is 44.8 Å². The molecule has 1 amide bonds. The molecule has 0 saturated carbocycles. The highest BCUT2D eigenvalue weighted by Gasteiger charge is 2.17. The van der Waals surface area contributed by atoms with Crippen molar-refractivity contribution in [2.24, 2.45) is 0 Å². The smallest absolute Gasteiger partial charge is 0.284 e. The minimum atomic E-state index is -0.765. The number of amides is 1. The second-order valence-corrected chi connectivity index (χ2v) is 5.24. The number of benzene rings is 2. The van der Waals surface area contributed by atoms with Gasteiger partial charge in [0.1, 0.15) is 0 Å². The van der Waals surface area contributed by atoms with E-state index in [0.29, 0.717) is 0 Å². The SMILES string of the molecule is O=C(Nc1cccc(Cl)c1F)c1ccc(Br)c([N+](=O)[O-])c1. The first kappa shape index (κ1) is 15.4. The van der Waals surface area contributed by atoms with E-state index in [-0.39, 0.29) is 26.4 Å². The summed E-state index contributed by atoms with van der Waals surface area (Å²) in [6.07, 6.45) is 0. The summed E-state index contributed by atoms with van der Waals surface area (Å²) in [5.41, 5.74) is -0.323. The molecule has 8 heteroatoms. The quantitative estimate of drug-likeness (QED) is 0.640. The zero-order chi connectivity index (χ0) is 15.6. The van der Waals surface area contributed by atoms with E-state index in [2.05, 4.69) is 21.2 Å². The zero-order valence-electron chi connectivity index (χ0n) is 10.3. The van der Waals surface area contributed by atoms with Gasteiger partial charge in [0.15, 0.2) is 5.82 Å². The number of carbonyl (C=O) groups excluding carboxylic acids is 1. The van der Waals surface area contributed by atoms with Gasteiger partial charge in [0.05, 0.1) is 20.1 Å². The number of anilines is 1. The maximum atomic E-state index is 13.7. The summed E-state index contributed by atoms with van der Waals surface area (Å²) in [7, 11) is 0. The molecule has 0 saturated heterocycles. The fraction of sp³-hybridized carbons (Fsp3) is 0. The van der Waals surface area contributed by atoms with E-state index < -0.39 is 16.6 Å². The Balaban J connectivity index is 2.31. The van der Waals surface area contributed by atoms with Crippen LogP contribution in [0.3, 0.4) is 0 Å². The van der Waals surface area contributed by atoms with E-state index in [4.69, 9.17) is 11.6 Å². The van der Waals surface area contributed by atoms with Gasteiger partial charge in [-0.2, -0.15) is 0 Å². The average Bonchev–Trinajstić information content (AvgIpc) is 2.44.